The van der Waals surface area contributed by atoms with Gasteiger partial charge in [-0.1, -0.05) is 0 Å². The number of nitrogens with zero attached hydrogens (tertiary/aromatic N) is 3. The second-order valence-electron chi connectivity index (χ2n) is 4.36. The van der Waals surface area contributed by atoms with Crippen molar-refractivity contribution in [2.24, 2.45) is 0 Å². The van der Waals surface area contributed by atoms with E-state index in [0.29, 0.717) is 25.0 Å². The van der Waals surface area contributed by atoms with Gasteiger partial charge in [0.1, 0.15) is 18.2 Å². The van der Waals surface area contributed by atoms with Crippen LogP contribution in [-0.2, 0) is 11.3 Å². The van der Waals surface area contributed by atoms with Crippen LogP contribution in [0.25, 0.3) is 0 Å². The van der Waals surface area contributed by atoms with E-state index in [1.807, 2.05) is 13.1 Å². The second kappa shape index (κ2) is 5.97. The third kappa shape index (κ3) is 3.08. The maximum atomic E-state index is 9.15. The van der Waals surface area contributed by atoms with E-state index in [2.05, 4.69) is 20.2 Å². The predicted octanol–water partition coefficient (Wildman–Crippen LogP) is 0.626. The summed E-state index contributed by atoms with van der Waals surface area (Å²) >= 11 is 0. The summed E-state index contributed by atoms with van der Waals surface area (Å²) in [7, 11) is 3.46. The first kappa shape index (κ1) is 13.0. The van der Waals surface area contributed by atoms with Gasteiger partial charge in [-0.05, 0) is 12.8 Å². The lowest BCUT2D eigenvalue weighted by atomic mass is 10.4. The summed E-state index contributed by atoms with van der Waals surface area (Å²) in [5.41, 5.74) is 0. The zero-order valence-corrected chi connectivity index (χ0v) is 10.9. The molecule has 18 heavy (non-hydrogen) atoms. The zero-order valence-electron chi connectivity index (χ0n) is 10.9. The molecule has 0 bridgehead atoms. The van der Waals surface area contributed by atoms with Gasteiger partial charge in [-0.15, -0.1) is 0 Å². The molecule has 0 amide bonds. The van der Waals surface area contributed by atoms with Gasteiger partial charge < -0.3 is 20.1 Å². The van der Waals surface area contributed by atoms with Crippen molar-refractivity contribution in [3.05, 3.63) is 11.9 Å². The molecule has 6 nitrogen and oxygen atoms in total. The van der Waals surface area contributed by atoms with Crippen molar-refractivity contribution in [3.8, 4) is 0 Å². The van der Waals surface area contributed by atoms with Gasteiger partial charge in [0, 0.05) is 32.8 Å². The molecule has 0 saturated heterocycles. The van der Waals surface area contributed by atoms with Crippen molar-refractivity contribution < 1.29 is 9.84 Å². The van der Waals surface area contributed by atoms with E-state index >= 15 is 0 Å². The highest BCUT2D eigenvalue weighted by molar-refractivity contribution is 5.50. The van der Waals surface area contributed by atoms with Crippen LogP contribution in [0.2, 0.25) is 0 Å². The summed E-state index contributed by atoms with van der Waals surface area (Å²) in [5, 5.41) is 12.2. The fourth-order valence-corrected chi connectivity index (χ4v) is 1.93. The maximum Gasteiger partial charge on any atom is 0.158 e. The Bertz CT molecular complexity index is 396. The number of hydrogen-bond acceptors (Lipinski definition) is 6. The molecule has 2 N–H and O–H groups in total. The molecule has 0 radical (unpaired) electrons. The Morgan fingerprint density at radius 3 is 2.83 bits per heavy atom. The average molecular weight is 252 g/mol. The minimum atomic E-state index is 0.134. The summed E-state index contributed by atoms with van der Waals surface area (Å²) in [4.78, 5) is 11.0. The zero-order chi connectivity index (χ0) is 13.0. The summed E-state index contributed by atoms with van der Waals surface area (Å²) in [6.07, 6.45) is 2.33. The molecule has 1 aliphatic carbocycles. The van der Waals surface area contributed by atoms with Crippen molar-refractivity contribution in [2.75, 3.05) is 37.5 Å². The SMILES string of the molecule is CNc1cc(N(CCO)C2CC2)nc(COC)n1. The molecule has 2 rings (SSSR count). The first-order valence-electron chi connectivity index (χ1n) is 6.20. The number of nitrogens with one attached hydrogen (secondary N) is 1. The number of rotatable bonds is 7. The fraction of sp³-hybridized carbons (Fsp3) is 0.667. The van der Waals surface area contributed by atoms with Crippen LogP contribution in [0.4, 0.5) is 11.6 Å². The van der Waals surface area contributed by atoms with E-state index in [1.165, 1.54) is 12.8 Å². The van der Waals surface area contributed by atoms with Gasteiger partial charge in [-0.25, -0.2) is 9.97 Å². The van der Waals surface area contributed by atoms with Gasteiger partial charge in [0.2, 0.25) is 0 Å². The summed E-state index contributed by atoms with van der Waals surface area (Å²) in [5.74, 6) is 2.29. The first-order valence-corrected chi connectivity index (χ1v) is 6.20. The Morgan fingerprint density at radius 2 is 2.28 bits per heavy atom. The fourth-order valence-electron chi connectivity index (χ4n) is 1.93. The Kier molecular flexibility index (Phi) is 4.33. The Labute approximate surface area is 107 Å². The largest absolute Gasteiger partial charge is 0.395 e. The first-order chi connectivity index (χ1) is 8.78. The summed E-state index contributed by atoms with van der Waals surface area (Å²) < 4.78 is 5.08. The van der Waals surface area contributed by atoms with Gasteiger partial charge in [0.15, 0.2) is 5.82 Å². The van der Waals surface area contributed by atoms with Gasteiger partial charge in [-0.3, -0.25) is 0 Å². The predicted molar refractivity (Wildman–Crippen MR) is 69.7 cm³/mol. The van der Waals surface area contributed by atoms with Crippen molar-refractivity contribution in [2.45, 2.75) is 25.5 Å². The van der Waals surface area contributed by atoms with Crippen molar-refractivity contribution in [1.29, 1.82) is 0 Å². The molecule has 0 aromatic carbocycles. The highest BCUT2D eigenvalue weighted by Crippen LogP contribution is 2.31. The maximum absolute atomic E-state index is 9.15. The van der Waals surface area contributed by atoms with Gasteiger partial charge in [0.25, 0.3) is 0 Å². The monoisotopic (exact) mass is 252 g/mol. The lowest BCUT2D eigenvalue weighted by Gasteiger charge is -2.23. The summed E-state index contributed by atoms with van der Waals surface area (Å²) in [6, 6.07) is 2.42. The minimum absolute atomic E-state index is 0.134. The number of methoxy groups -OCH3 is 1. The Hall–Kier alpha value is -1.40. The number of aliphatic hydroxyl groups is 1. The minimum Gasteiger partial charge on any atom is -0.395 e. The topological polar surface area (TPSA) is 70.5 Å². The van der Waals surface area contributed by atoms with Crippen LogP contribution >= 0.6 is 0 Å². The molecular weight excluding hydrogens is 232 g/mol. The summed E-state index contributed by atoms with van der Waals surface area (Å²) in [6.45, 7) is 1.13. The Morgan fingerprint density at radius 1 is 1.50 bits per heavy atom. The van der Waals surface area contributed by atoms with Crippen molar-refractivity contribution in [1.82, 2.24) is 9.97 Å². The molecule has 0 unspecified atom stereocenters. The number of hydrogen-bond donors (Lipinski definition) is 2. The van der Waals surface area contributed by atoms with Gasteiger partial charge >= 0.3 is 0 Å². The van der Waals surface area contributed by atoms with Crippen molar-refractivity contribution >= 4 is 11.6 Å². The molecule has 1 fully saturated rings. The van der Waals surface area contributed by atoms with Crippen LogP contribution in [0.5, 0.6) is 0 Å². The lowest BCUT2D eigenvalue weighted by Crippen LogP contribution is -2.30. The number of aliphatic hydroxyl groups excluding tert-OH is 1. The number of aromatic nitrogens is 2. The molecule has 0 spiro atoms. The molecule has 100 valence electrons. The highest BCUT2D eigenvalue weighted by Gasteiger charge is 2.30. The molecule has 0 atom stereocenters. The van der Waals surface area contributed by atoms with E-state index in [4.69, 9.17) is 9.84 Å². The molecule has 1 saturated carbocycles. The van der Waals surface area contributed by atoms with Crippen LogP contribution in [0.1, 0.15) is 18.7 Å². The normalized spacial score (nSPS) is 14.6. The third-order valence-electron chi connectivity index (χ3n) is 2.91. The van der Waals surface area contributed by atoms with E-state index in [-0.39, 0.29) is 6.61 Å². The van der Waals surface area contributed by atoms with Crippen LogP contribution in [-0.4, -0.2) is 48.4 Å². The van der Waals surface area contributed by atoms with Gasteiger partial charge in [0.05, 0.1) is 6.61 Å². The Balaban J connectivity index is 2.25. The molecule has 0 aliphatic heterocycles. The molecule has 6 heteroatoms. The smallest absolute Gasteiger partial charge is 0.158 e. The number of anilines is 2. The van der Waals surface area contributed by atoms with Crippen molar-refractivity contribution in [3.63, 3.8) is 0 Å². The van der Waals surface area contributed by atoms with E-state index in [1.54, 1.807) is 7.11 Å². The van der Waals surface area contributed by atoms with E-state index in [0.717, 1.165) is 11.6 Å². The van der Waals surface area contributed by atoms with E-state index < -0.39 is 0 Å². The lowest BCUT2D eigenvalue weighted by molar-refractivity contribution is 0.178. The highest BCUT2D eigenvalue weighted by atomic mass is 16.5. The molecular formula is C12H20N4O2. The molecule has 1 aromatic heterocycles. The van der Waals surface area contributed by atoms with E-state index in [9.17, 15) is 0 Å². The van der Waals surface area contributed by atoms with Crippen LogP contribution in [0.15, 0.2) is 6.07 Å². The molecule has 1 aromatic rings. The molecule has 1 heterocycles. The van der Waals surface area contributed by atoms with Gasteiger partial charge in [-0.2, -0.15) is 0 Å². The second-order valence-corrected chi connectivity index (χ2v) is 4.36. The number of ether oxygens (including phenoxy) is 1. The average Bonchev–Trinajstić information content (AvgIpc) is 3.20. The van der Waals surface area contributed by atoms with Crippen LogP contribution < -0.4 is 10.2 Å². The van der Waals surface area contributed by atoms with Crippen LogP contribution in [0, 0.1) is 0 Å². The quantitative estimate of drug-likeness (QED) is 0.741. The van der Waals surface area contributed by atoms with Crippen LogP contribution in [0.3, 0.4) is 0 Å². The standard InChI is InChI=1S/C12H20N4O2/c1-13-10-7-12(15-11(14-10)8-18-2)16(5-6-17)9-3-4-9/h7,9,17H,3-6,8H2,1-2H3,(H,13,14,15). The third-order valence-corrected chi connectivity index (χ3v) is 2.91. The molecule has 1 aliphatic rings.